The quantitative estimate of drug-likeness (QED) is 0.864. The second-order valence-electron chi connectivity index (χ2n) is 4.28. The summed E-state index contributed by atoms with van der Waals surface area (Å²) < 4.78 is 0.799. The summed E-state index contributed by atoms with van der Waals surface area (Å²) in [6.45, 7) is 2.11. The average Bonchev–Trinajstić information content (AvgIpc) is 2.46. The maximum atomic E-state index is 12.3. The lowest BCUT2D eigenvalue weighted by Crippen LogP contribution is -2.26. The first-order valence-corrected chi connectivity index (χ1v) is 6.88. The van der Waals surface area contributed by atoms with Crippen LogP contribution in [0.1, 0.15) is 22.8 Å². The minimum Gasteiger partial charge on any atom is -0.311 e. The van der Waals surface area contributed by atoms with Gasteiger partial charge in [-0.3, -0.25) is 9.78 Å². The highest BCUT2D eigenvalue weighted by molar-refractivity contribution is 9.10. The van der Waals surface area contributed by atoms with Gasteiger partial charge in [0.05, 0.1) is 5.56 Å². The molecule has 0 N–H and O–H groups in total. The zero-order chi connectivity index (χ0) is 13.8. The highest BCUT2D eigenvalue weighted by Gasteiger charge is 2.13. The van der Waals surface area contributed by atoms with E-state index in [1.54, 1.807) is 30.4 Å². The van der Waals surface area contributed by atoms with Crippen LogP contribution in [-0.2, 0) is 6.42 Å². The van der Waals surface area contributed by atoms with Gasteiger partial charge in [0.2, 0.25) is 0 Å². The van der Waals surface area contributed by atoms with Crippen LogP contribution >= 0.6 is 15.9 Å². The van der Waals surface area contributed by atoms with Crippen molar-refractivity contribution < 1.29 is 4.79 Å². The molecule has 2 aromatic rings. The number of aryl methyl sites for hydroxylation is 1. The second kappa shape index (κ2) is 5.97. The van der Waals surface area contributed by atoms with Gasteiger partial charge in [-0.2, -0.15) is 0 Å². The molecular weight excluding hydrogens is 304 g/mol. The van der Waals surface area contributed by atoms with Crippen LogP contribution in [0, 0.1) is 0 Å². The molecule has 0 spiro atoms. The van der Waals surface area contributed by atoms with Gasteiger partial charge in [0.15, 0.2) is 0 Å². The first kappa shape index (κ1) is 13.7. The molecule has 98 valence electrons. The molecule has 0 atom stereocenters. The van der Waals surface area contributed by atoms with Crippen LogP contribution in [-0.4, -0.2) is 17.9 Å². The lowest BCUT2D eigenvalue weighted by Gasteiger charge is -2.17. The van der Waals surface area contributed by atoms with Crippen molar-refractivity contribution in [3.05, 3.63) is 58.3 Å². The SMILES string of the molecule is CCc1ccc(N(C)C(=O)c2cncc(Br)c2)cc1. The minimum absolute atomic E-state index is 0.0713. The molecule has 3 nitrogen and oxygen atoms in total. The molecule has 1 aromatic carbocycles. The molecule has 0 aliphatic carbocycles. The number of anilines is 1. The lowest BCUT2D eigenvalue weighted by atomic mass is 10.1. The molecule has 2 rings (SSSR count). The van der Waals surface area contributed by atoms with Gasteiger partial charge < -0.3 is 4.90 Å². The van der Waals surface area contributed by atoms with Crippen LogP contribution in [0.25, 0.3) is 0 Å². The van der Waals surface area contributed by atoms with Crippen molar-refractivity contribution in [3.63, 3.8) is 0 Å². The first-order valence-electron chi connectivity index (χ1n) is 6.09. The molecule has 0 saturated carbocycles. The fraction of sp³-hybridized carbons (Fsp3) is 0.200. The summed E-state index contributed by atoms with van der Waals surface area (Å²) in [5.74, 6) is -0.0713. The van der Waals surface area contributed by atoms with E-state index in [0.717, 1.165) is 16.6 Å². The third-order valence-electron chi connectivity index (χ3n) is 2.99. The number of carbonyl (C=O) groups excluding carboxylic acids is 1. The zero-order valence-electron chi connectivity index (χ0n) is 10.9. The third-order valence-corrected chi connectivity index (χ3v) is 3.42. The van der Waals surface area contributed by atoms with Gasteiger partial charge in [-0.25, -0.2) is 0 Å². The summed E-state index contributed by atoms with van der Waals surface area (Å²) in [5.41, 5.74) is 2.70. The fourth-order valence-electron chi connectivity index (χ4n) is 1.79. The van der Waals surface area contributed by atoms with E-state index in [2.05, 4.69) is 27.8 Å². The molecule has 4 heteroatoms. The lowest BCUT2D eigenvalue weighted by molar-refractivity contribution is 0.0992. The summed E-state index contributed by atoms with van der Waals surface area (Å²) in [4.78, 5) is 18.0. The molecule has 0 saturated heterocycles. The molecule has 0 unspecified atom stereocenters. The van der Waals surface area contributed by atoms with Crippen molar-refractivity contribution in [3.8, 4) is 0 Å². The Morgan fingerprint density at radius 3 is 2.53 bits per heavy atom. The summed E-state index contributed by atoms with van der Waals surface area (Å²) in [6.07, 6.45) is 4.23. The first-order chi connectivity index (χ1) is 9.11. The molecule has 1 heterocycles. The topological polar surface area (TPSA) is 33.2 Å². The van der Waals surface area contributed by atoms with E-state index >= 15 is 0 Å². The van der Waals surface area contributed by atoms with Crippen LogP contribution in [0.4, 0.5) is 5.69 Å². The molecular formula is C15H15BrN2O. The molecule has 0 fully saturated rings. The Balaban J connectivity index is 2.23. The molecule has 0 aliphatic heterocycles. The van der Waals surface area contributed by atoms with Gasteiger partial charge in [-0.15, -0.1) is 0 Å². The van der Waals surface area contributed by atoms with Gasteiger partial charge in [0.1, 0.15) is 0 Å². The van der Waals surface area contributed by atoms with Crippen LogP contribution < -0.4 is 4.90 Å². The predicted molar refractivity (Wildman–Crippen MR) is 80.5 cm³/mol. The number of hydrogen-bond acceptors (Lipinski definition) is 2. The Morgan fingerprint density at radius 1 is 1.26 bits per heavy atom. The largest absolute Gasteiger partial charge is 0.311 e. The van der Waals surface area contributed by atoms with Crippen LogP contribution in [0.5, 0.6) is 0 Å². The molecule has 19 heavy (non-hydrogen) atoms. The van der Waals surface area contributed by atoms with Crippen LogP contribution in [0.15, 0.2) is 47.2 Å². The Bertz CT molecular complexity index is 581. The van der Waals surface area contributed by atoms with Gasteiger partial charge in [-0.05, 0) is 46.1 Å². The van der Waals surface area contributed by atoms with Gasteiger partial charge >= 0.3 is 0 Å². The summed E-state index contributed by atoms with van der Waals surface area (Å²) in [6, 6.07) is 9.77. The van der Waals surface area contributed by atoms with E-state index in [9.17, 15) is 4.79 Å². The molecule has 1 amide bonds. The number of amides is 1. The second-order valence-corrected chi connectivity index (χ2v) is 5.19. The third kappa shape index (κ3) is 3.20. The van der Waals surface area contributed by atoms with E-state index in [-0.39, 0.29) is 5.91 Å². The highest BCUT2D eigenvalue weighted by Crippen LogP contribution is 2.18. The number of benzene rings is 1. The van der Waals surface area contributed by atoms with Crippen molar-refractivity contribution in [2.45, 2.75) is 13.3 Å². The minimum atomic E-state index is -0.0713. The van der Waals surface area contributed by atoms with E-state index in [1.807, 2.05) is 24.3 Å². The van der Waals surface area contributed by atoms with Crippen molar-refractivity contribution in [1.29, 1.82) is 0 Å². The van der Waals surface area contributed by atoms with Crippen molar-refractivity contribution >= 4 is 27.5 Å². The summed E-state index contributed by atoms with van der Waals surface area (Å²) >= 11 is 3.32. The fourth-order valence-corrected chi connectivity index (χ4v) is 2.16. The Hall–Kier alpha value is -1.68. The zero-order valence-corrected chi connectivity index (χ0v) is 12.5. The van der Waals surface area contributed by atoms with E-state index in [1.165, 1.54) is 5.56 Å². The van der Waals surface area contributed by atoms with E-state index in [0.29, 0.717) is 5.56 Å². The molecule has 0 bridgehead atoms. The number of nitrogens with zero attached hydrogens (tertiary/aromatic N) is 2. The number of halogens is 1. The van der Waals surface area contributed by atoms with E-state index in [4.69, 9.17) is 0 Å². The van der Waals surface area contributed by atoms with Gasteiger partial charge in [0, 0.05) is 29.6 Å². The standard InChI is InChI=1S/C15H15BrN2O/c1-3-11-4-6-14(7-5-11)18(2)15(19)12-8-13(16)10-17-9-12/h4-10H,3H2,1-2H3. The van der Waals surface area contributed by atoms with Crippen LogP contribution in [0.2, 0.25) is 0 Å². The summed E-state index contributed by atoms with van der Waals surface area (Å²) in [7, 11) is 1.77. The van der Waals surface area contributed by atoms with Crippen molar-refractivity contribution in [2.75, 3.05) is 11.9 Å². The van der Waals surface area contributed by atoms with Crippen molar-refractivity contribution in [2.24, 2.45) is 0 Å². The molecule has 0 aliphatic rings. The Kier molecular flexibility index (Phi) is 4.32. The van der Waals surface area contributed by atoms with E-state index < -0.39 is 0 Å². The van der Waals surface area contributed by atoms with Gasteiger partial charge in [0.25, 0.3) is 5.91 Å². The van der Waals surface area contributed by atoms with Crippen molar-refractivity contribution in [1.82, 2.24) is 4.98 Å². The number of carbonyl (C=O) groups is 1. The number of pyridine rings is 1. The molecule has 1 aromatic heterocycles. The monoisotopic (exact) mass is 318 g/mol. The normalized spacial score (nSPS) is 10.3. The number of aromatic nitrogens is 1. The van der Waals surface area contributed by atoms with Crippen LogP contribution in [0.3, 0.4) is 0 Å². The maximum absolute atomic E-state index is 12.3. The number of rotatable bonds is 3. The Labute approximate surface area is 121 Å². The smallest absolute Gasteiger partial charge is 0.259 e. The predicted octanol–water partition coefficient (Wildman–Crippen LogP) is 3.68. The van der Waals surface area contributed by atoms with Gasteiger partial charge in [-0.1, -0.05) is 19.1 Å². The Morgan fingerprint density at radius 2 is 1.95 bits per heavy atom. The maximum Gasteiger partial charge on any atom is 0.259 e. The average molecular weight is 319 g/mol. The molecule has 0 radical (unpaired) electrons. The highest BCUT2D eigenvalue weighted by atomic mass is 79.9. The number of hydrogen-bond donors (Lipinski definition) is 0. The summed E-state index contributed by atoms with van der Waals surface area (Å²) in [5, 5.41) is 0.